The van der Waals surface area contributed by atoms with Crippen molar-refractivity contribution in [3.8, 4) is 0 Å². The summed E-state index contributed by atoms with van der Waals surface area (Å²) in [5, 5.41) is 1.89. The molecule has 0 radical (unpaired) electrons. The van der Waals surface area contributed by atoms with E-state index in [-0.39, 0.29) is 17.1 Å². The van der Waals surface area contributed by atoms with Crippen molar-refractivity contribution in [1.29, 1.82) is 0 Å². The fraction of sp³-hybridized carbons (Fsp3) is 0.150. The van der Waals surface area contributed by atoms with Crippen LogP contribution in [-0.2, 0) is 19.1 Å². The maximum atomic E-state index is 13.1. The third-order valence-electron chi connectivity index (χ3n) is 4.17. The van der Waals surface area contributed by atoms with Crippen molar-refractivity contribution < 1.29 is 23.9 Å². The number of ether oxygens (including phenoxy) is 2. The standard InChI is InChI=1S/C20H17NO5S/c1-12-17(20(24)26-3)16(11-15-5-4-10-27-15)18(22)21(12)14-8-6-13(7-9-14)19(23)25-2/h4-11H,1-3H3/b16-11-. The van der Waals surface area contributed by atoms with Gasteiger partial charge in [-0.2, -0.15) is 0 Å². The zero-order valence-corrected chi connectivity index (χ0v) is 15.8. The van der Waals surface area contributed by atoms with E-state index in [4.69, 9.17) is 4.74 Å². The minimum Gasteiger partial charge on any atom is -0.465 e. The average Bonchev–Trinajstić information content (AvgIpc) is 3.28. The summed E-state index contributed by atoms with van der Waals surface area (Å²) in [5.41, 5.74) is 1.89. The summed E-state index contributed by atoms with van der Waals surface area (Å²) >= 11 is 1.47. The maximum absolute atomic E-state index is 13.1. The van der Waals surface area contributed by atoms with Gasteiger partial charge in [-0.25, -0.2) is 9.59 Å². The molecule has 2 aromatic rings. The molecule has 3 rings (SSSR count). The van der Waals surface area contributed by atoms with Crippen LogP contribution < -0.4 is 4.90 Å². The number of anilines is 1. The molecule has 138 valence electrons. The van der Waals surface area contributed by atoms with E-state index in [9.17, 15) is 14.4 Å². The van der Waals surface area contributed by atoms with Gasteiger partial charge in [-0.05, 0) is 48.7 Å². The molecule has 7 heteroatoms. The van der Waals surface area contributed by atoms with Gasteiger partial charge in [0, 0.05) is 16.3 Å². The maximum Gasteiger partial charge on any atom is 0.340 e. The SMILES string of the molecule is COC(=O)C1=C(C)N(c2ccc(C(=O)OC)cc2)C(=O)/C1=C\c1cccs1. The zero-order chi connectivity index (χ0) is 19.6. The van der Waals surface area contributed by atoms with Crippen LogP contribution in [0.4, 0.5) is 5.69 Å². The Bertz CT molecular complexity index is 955. The third kappa shape index (κ3) is 3.41. The minimum absolute atomic E-state index is 0.230. The fourth-order valence-electron chi connectivity index (χ4n) is 2.87. The minimum atomic E-state index is -0.572. The normalized spacial score (nSPS) is 15.4. The lowest BCUT2D eigenvalue weighted by molar-refractivity contribution is -0.136. The molecule has 2 heterocycles. The second-order valence-corrected chi connectivity index (χ2v) is 6.68. The molecule has 0 fully saturated rings. The van der Waals surface area contributed by atoms with Crippen LogP contribution >= 0.6 is 11.3 Å². The van der Waals surface area contributed by atoms with Crippen molar-refractivity contribution in [2.45, 2.75) is 6.92 Å². The lowest BCUT2D eigenvalue weighted by Gasteiger charge is -2.18. The fourth-order valence-corrected chi connectivity index (χ4v) is 3.53. The number of benzene rings is 1. The van der Waals surface area contributed by atoms with Gasteiger partial charge in [-0.15, -0.1) is 11.3 Å². The molecule has 27 heavy (non-hydrogen) atoms. The van der Waals surface area contributed by atoms with Gasteiger partial charge in [0.1, 0.15) is 0 Å². The molecule has 0 spiro atoms. The van der Waals surface area contributed by atoms with Crippen LogP contribution in [0.2, 0.25) is 0 Å². The third-order valence-corrected chi connectivity index (χ3v) is 4.99. The number of hydrogen-bond donors (Lipinski definition) is 0. The number of nitrogens with zero attached hydrogens (tertiary/aromatic N) is 1. The Morgan fingerprint density at radius 3 is 2.26 bits per heavy atom. The summed E-state index contributed by atoms with van der Waals surface area (Å²) in [6.45, 7) is 1.69. The monoisotopic (exact) mass is 383 g/mol. The summed E-state index contributed by atoms with van der Waals surface area (Å²) in [7, 11) is 2.58. The van der Waals surface area contributed by atoms with E-state index in [0.717, 1.165) is 4.88 Å². The number of methoxy groups -OCH3 is 2. The molecule has 0 aliphatic carbocycles. The molecule has 0 atom stereocenters. The molecule has 0 saturated heterocycles. The first-order valence-electron chi connectivity index (χ1n) is 8.05. The zero-order valence-electron chi connectivity index (χ0n) is 15.0. The Morgan fingerprint density at radius 2 is 1.70 bits per heavy atom. The molecule has 0 unspecified atom stereocenters. The van der Waals surface area contributed by atoms with Crippen LogP contribution in [0.15, 0.2) is 58.6 Å². The Hall–Kier alpha value is -3.19. The highest BCUT2D eigenvalue weighted by Crippen LogP contribution is 2.35. The second-order valence-electron chi connectivity index (χ2n) is 5.70. The Kier molecular flexibility index (Phi) is 5.23. The number of rotatable bonds is 4. The van der Waals surface area contributed by atoms with Crippen molar-refractivity contribution in [2.75, 3.05) is 19.1 Å². The molecule has 0 N–H and O–H groups in total. The van der Waals surface area contributed by atoms with Gasteiger partial charge in [0.25, 0.3) is 5.91 Å². The van der Waals surface area contributed by atoms with Gasteiger partial charge in [0.2, 0.25) is 0 Å². The Morgan fingerprint density at radius 1 is 1.04 bits per heavy atom. The molecule has 1 aliphatic rings. The van der Waals surface area contributed by atoms with Crippen molar-refractivity contribution in [1.82, 2.24) is 0 Å². The number of carbonyl (C=O) groups excluding carboxylic acids is 3. The lowest BCUT2D eigenvalue weighted by Crippen LogP contribution is -2.24. The van der Waals surface area contributed by atoms with Crippen molar-refractivity contribution in [3.63, 3.8) is 0 Å². The van der Waals surface area contributed by atoms with Crippen LogP contribution in [0.3, 0.4) is 0 Å². The summed E-state index contributed by atoms with van der Waals surface area (Å²) < 4.78 is 9.56. The van der Waals surface area contributed by atoms with E-state index in [1.54, 1.807) is 37.3 Å². The van der Waals surface area contributed by atoms with Gasteiger partial charge in [-0.3, -0.25) is 9.69 Å². The average molecular weight is 383 g/mol. The molecular weight excluding hydrogens is 366 g/mol. The predicted octanol–water partition coefficient (Wildman–Crippen LogP) is 3.41. The van der Waals surface area contributed by atoms with Gasteiger partial charge in [0.05, 0.1) is 30.9 Å². The van der Waals surface area contributed by atoms with E-state index in [1.807, 2.05) is 17.5 Å². The molecular formula is C20H17NO5S. The summed E-state index contributed by atoms with van der Waals surface area (Å²) in [4.78, 5) is 39.3. The largest absolute Gasteiger partial charge is 0.465 e. The molecule has 1 aromatic carbocycles. The highest BCUT2D eigenvalue weighted by atomic mass is 32.1. The van der Waals surface area contributed by atoms with Crippen LogP contribution in [0, 0.1) is 0 Å². The van der Waals surface area contributed by atoms with E-state index >= 15 is 0 Å². The number of thiophene rings is 1. The molecule has 0 saturated carbocycles. The summed E-state index contributed by atoms with van der Waals surface area (Å²) in [6, 6.07) is 10.1. The van der Waals surface area contributed by atoms with Crippen molar-refractivity contribution in [3.05, 3.63) is 69.1 Å². The first-order valence-corrected chi connectivity index (χ1v) is 8.93. The van der Waals surface area contributed by atoms with Crippen LogP contribution in [-0.4, -0.2) is 32.1 Å². The summed E-state index contributed by atoms with van der Waals surface area (Å²) in [6.07, 6.45) is 1.69. The Balaban J connectivity index is 2.06. The molecule has 0 bridgehead atoms. The summed E-state index contributed by atoms with van der Waals surface area (Å²) in [5.74, 6) is -1.36. The number of allylic oxidation sites excluding steroid dienone is 1. The van der Waals surface area contributed by atoms with Crippen LogP contribution in [0.25, 0.3) is 6.08 Å². The predicted molar refractivity (Wildman–Crippen MR) is 102 cm³/mol. The first-order chi connectivity index (χ1) is 13.0. The van der Waals surface area contributed by atoms with Gasteiger partial charge < -0.3 is 9.47 Å². The van der Waals surface area contributed by atoms with E-state index < -0.39 is 11.9 Å². The van der Waals surface area contributed by atoms with E-state index in [0.29, 0.717) is 16.9 Å². The first kappa shape index (κ1) is 18.6. The smallest absolute Gasteiger partial charge is 0.340 e. The van der Waals surface area contributed by atoms with Crippen molar-refractivity contribution in [2.24, 2.45) is 0 Å². The topological polar surface area (TPSA) is 72.9 Å². The molecule has 1 amide bonds. The van der Waals surface area contributed by atoms with Gasteiger partial charge >= 0.3 is 11.9 Å². The highest BCUT2D eigenvalue weighted by Gasteiger charge is 2.38. The van der Waals surface area contributed by atoms with E-state index in [1.165, 1.54) is 30.5 Å². The number of carbonyl (C=O) groups is 3. The Labute approximate surface area is 160 Å². The molecule has 6 nitrogen and oxygen atoms in total. The van der Waals surface area contributed by atoms with Gasteiger partial charge in [-0.1, -0.05) is 6.07 Å². The van der Waals surface area contributed by atoms with E-state index in [2.05, 4.69) is 4.74 Å². The lowest BCUT2D eigenvalue weighted by atomic mass is 10.1. The van der Waals surface area contributed by atoms with Crippen LogP contribution in [0.5, 0.6) is 0 Å². The second kappa shape index (κ2) is 7.59. The molecule has 1 aliphatic heterocycles. The van der Waals surface area contributed by atoms with Crippen LogP contribution in [0.1, 0.15) is 22.2 Å². The number of amides is 1. The number of esters is 2. The number of hydrogen-bond acceptors (Lipinski definition) is 6. The highest BCUT2D eigenvalue weighted by molar-refractivity contribution is 7.10. The van der Waals surface area contributed by atoms with Crippen molar-refractivity contribution >= 4 is 40.9 Å². The molecule has 1 aromatic heterocycles. The quantitative estimate of drug-likeness (QED) is 0.598. The van der Waals surface area contributed by atoms with Gasteiger partial charge in [0.15, 0.2) is 0 Å².